The minimum Gasteiger partial charge on any atom is -0.462 e. The van der Waals surface area contributed by atoms with Crippen LogP contribution >= 0.6 is 11.6 Å². The number of hydrogen-bond acceptors (Lipinski definition) is 5. The Kier molecular flexibility index (Phi) is 6.62. The molecule has 2 N–H and O–H groups in total. The number of anilines is 2. The van der Waals surface area contributed by atoms with Crippen molar-refractivity contribution in [3.05, 3.63) is 82.8 Å². The lowest BCUT2D eigenvalue weighted by Crippen LogP contribution is -2.13. The number of hydrogen-bond donors (Lipinski definition) is 2. The first kappa shape index (κ1) is 22.3. The Hall–Kier alpha value is -3.36. The quantitative estimate of drug-likeness (QED) is 0.527. The second-order valence-corrected chi connectivity index (χ2v) is 9.14. The molecule has 31 heavy (non-hydrogen) atoms. The van der Waals surface area contributed by atoms with Gasteiger partial charge in [-0.15, -0.1) is 0 Å². The van der Waals surface area contributed by atoms with E-state index in [1.165, 1.54) is 42.5 Å². The standard InChI is InChI=1S/C22H19ClN2O5S/c1-14-6-8-17(30-14)9-11-21(26)24-16-7-10-20(19(23)13-16)25-22(27)15-4-3-5-18(12-15)31(2,28)29/h3-13H,1-2H3,(H,24,26)(H,25,27)/b11-9+. The Morgan fingerprint density at radius 1 is 1.03 bits per heavy atom. The molecule has 9 heteroatoms. The van der Waals surface area contributed by atoms with E-state index in [9.17, 15) is 18.0 Å². The molecule has 3 aromatic rings. The Morgan fingerprint density at radius 2 is 1.81 bits per heavy atom. The highest BCUT2D eigenvalue weighted by Crippen LogP contribution is 2.26. The number of benzene rings is 2. The molecule has 0 aliphatic heterocycles. The first-order chi connectivity index (χ1) is 14.6. The molecular weight excluding hydrogens is 440 g/mol. The lowest BCUT2D eigenvalue weighted by Gasteiger charge is -2.10. The minimum absolute atomic E-state index is 0.0436. The third-order valence-electron chi connectivity index (χ3n) is 4.17. The smallest absolute Gasteiger partial charge is 0.255 e. The summed E-state index contributed by atoms with van der Waals surface area (Å²) in [6.45, 7) is 1.81. The molecule has 0 fully saturated rings. The van der Waals surface area contributed by atoms with Crippen molar-refractivity contribution in [3.8, 4) is 0 Å². The summed E-state index contributed by atoms with van der Waals surface area (Å²) in [7, 11) is -3.44. The molecule has 3 rings (SSSR count). The van der Waals surface area contributed by atoms with Crippen molar-refractivity contribution in [2.75, 3.05) is 16.9 Å². The number of nitrogens with one attached hydrogen (secondary N) is 2. The molecule has 1 aromatic heterocycles. The summed E-state index contributed by atoms with van der Waals surface area (Å²) in [6.07, 6.45) is 3.94. The van der Waals surface area contributed by atoms with Gasteiger partial charge in [0.15, 0.2) is 9.84 Å². The topological polar surface area (TPSA) is 105 Å². The van der Waals surface area contributed by atoms with Gasteiger partial charge in [0.1, 0.15) is 11.5 Å². The zero-order valence-corrected chi connectivity index (χ0v) is 18.3. The SMILES string of the molecule is Cc1ccc(/C=C/C(=O)Nc2ccc(NC(=O)c3cccc(S(C)(=O)=O)c3)c(Cl)c2)o1. The van der Waals surface area contributed by atoms with E-state index in [0.29, 0.717) is 17.1 Å². The first-order valence-corrected chi connectivity index (χ1v) is 11.4. The second-order valence-electron chi connectivity index (χ2n) is 6.72. The molecule has 0 saturated heterocycles. The highest BCUT2D eigenvalue weighted by molar-refractivity contribution is 7.90. The number of sulfone groups is 1. The van der Waals surface area contributed by atoms with E-state index in [-0.39, 0.29) is 21.4 Å². The fourth-order valence-electron chi connectivity index (χ4n) is 2.64. The van der Waals surface area contributed by atoms with Crippen molar-refractivity contribution in [2.24, 2.45) is 0 Å². The third kappa shape index (κ3) is 6.07. The summed E-state index contributed by atoms with van der Waals surface area (Å²) in [5, 5.41) is 5.50. The van der Waals surface area contributed by atoms with Crippen LogP contribution in [-0.2, 0) is 14.6 Å². The van der Waals surface area contributed by atoms with Gasteiger partial charge in [-0.3, -0.25) is 9.59 Å². The number of rotatable bonds is 6. The molecular formula is C22H19ClN2O5S. The number of carbonyl (C=O) groups is 2. The first-order valence-electron chi connectivity index (χ1n) is 9.08. The molecule has 0 unspecified atom stereocenters. The highest BCUT2D eigenvalue weighted by atomic mass is 35.5. The zero-order valence-electron chi connectivity index (χ0n) is 16.7. The predicted molar refractivity (Wildman–Crippen MR) is 120 cm³/mol. The molecule has 0 atom stereocenters. The van der Waals surface area contributed by atoms with E-state index >= 15 is 0 Å². The largest absolute Gasteiger partial charge is 0.462 e. The average Bonchev–Trinajstić information content (AvgIpc) is 3.13. The Bertz CT molecular complexity index is 1280. The zero-order chi connectivity index (χ0) is 22.6. The van der Waals surface area contributed by atoms with Gasteiger partial charge in [-0.1, -0.05) is 17.7 Å². The molecule has 0 saturated carbocycles. The van der Waals surface area contributed by atoms with Crippen LogP contribution in [0.3, 0.4) is 0 Å². The van der Waals surface area contributed by atoms with Gasteiger partial charge in [-0.25, -0.2) is 8.42 Å². The van der Waals surface area contributed by atoms with Crippen LogP contribution in [0, 0.1) is 6.92 Å². The maximum atomic E-state index is 12.5. The van der Waals surface area contributed by atoms with Crippen molar-refractivity contribution >= 4 is 50.7 Å². The van der Waals surface area contributed by atoms with Gasteiger partial charge >= 0.3 is 0 Å². The van der Waals surface area contributed by atoms with Gasteiger partial charge < -0.3 is 15.1 Å². The Balaban J connectivity index is 1.67. The molecule has 2 aromatic carbocycles. The lowest BCUT2D eigenvalue weighted by molar-refractivity contribution is -0.111. The van der Waals surface area contributed by atoms with Crippen molar-refractivity contribution in [3.63, 3.8) is 0 Å². The van der Waals surface area contributed by atoms with E-state index in [0.717, 1.165) is 12.0 Å². The van der Waals surface area contributed by atoms with Gasteiger partial charge in [0, 0.05) is 23.6 Å². The van der Waals surface area contributed by atoms with Crippen LogP contribution in [-0.4, -0.2) is 26.5 Å². The molecule has 0 spiro atoms. The van der Waals surface area contributed by atoms with Crippen molar-refractivity contribution in [1.82, 2.24) is 0 Å². The summed E-state index contributed by atoms with van der Waals surface area (Å²) in [5.74, 6) is 0.413. The number of furan rings is 1. The van der Waals surface area contributed by atoms with E-state index in [2.05, 4.69) is 10.6 Å². The molecule has 0 radical (unpaired) electrons. The number of halogens is 1. The van der Waals surface area contributed by atoms with E-state index in [1.54, 1.807) is 24.3 Å². The van der Waals surface area contributed by atoms with Gasteiger partial charge in [0.25, 0.3) is 5.91 Å². The second kappa shape index (κ2) is 9.20. The van der Waals surface area contributed by atoms with Crippen LogP contribution < -0.4 is 10.6 Å². The fourth-order valence-corrected chi connectivity index (χ4v) is 3.54. The Morgan fingerprint density at radius 3 is 2.45 bits per heavy atom. The number of carbonyl (C=O) groups excluding carboxylic acids is 2. The summed E-state index contributed by atoms with van der Waals surface area (Å²) in [5.41, 5.74) is 0.929. The number of aryl methyl sites for hydroxylation is 1. The Labute approximate surface area is 184 Å². The van der Waals surface area contributed by atoms with Gasteiger partial charge in [0.05, 0.1) is 15.6 Å². The summed E-state index contributed by atoms with van der Waals surface area (Å²) >= 11 is 6.23. The minimum atomic E-state index is -3.44. The van der Waals surface area contributed by atoms with Crippen LogP contribution in [0.2, 0.25) is 5.02 Å². The maximum Gasteiger partial charge on any atom is 0.255 e. The van der Waals surface area contributed by atoms with Crippen LogP contribution in [0.5, 0.6) is 0 Å². The van der Waals surface area contributed by atoms with Gasteiger partial charge in [0.2, 0.25) is 5.91 Å². The van der Waals surface area contributed by atoms with Crippen LogP contribution in [0.25, 0.3) is 6.08 Å². The number of amides is 2. The molecule has 0 aliphatic rings. The molecule has 1 heterocycles. The van der Waals surface area contributed by atoms with Gasteiger partial charge in [-0.05, 0) is 61.5 Å². The van der Waals surface area contributed by atoms with Crippen molar-refractivity contribution in [2.45, 2.75) is 11.8 Å². The van der Waals surface area contributed by atoms with Crippen LogP contribution in [0.1, 0.15) is 21.9 Å². The monoisotopic (exact) mass is 458 g/mol. The summed E-state index contributed by atoms with van der Waals surface area (Å²) in [4.78, 5) is 24.6. The maximum absolute atomic E-state index is 12.5. The molecule has 7 nitrogen and oxygen atoms in total. The van der Waals surface area contributed by atoms with Crippen molar-refractivity contribution < 1.29 is 22.4 Å². The fraction of sp³-hybridized carbons (Fsp3) is 0.0909. The molecule has 0 bridgehead atoms. The normalized spacial score (nSPS) is 11.5. The lowest BCUT2D eigenvalue weighted by atomic mass is 10.2. The predicted octanol–water partition coefficient (Wildman–Crippen LogP) is 4.55. The van der Waals surface area contributed by atoms with Gasteiger partial charge in [-0.2, -0.15) is 0 Å². The van der Waals surface area contributed by atoms with E-state index in [4.69, 9.17) is 16.0 Å². The average molecular weight is 459 g/mol. The highest BCUT2D eigenvalue weighted by Gasteiger charge is 2.13. The van der Waals surface area contributed by atoms with E-state index in [1.807, 2.05) is 6.92 Å². The van der Waals surface area contributed by atoms with Crippen molar-refractivity contribution in [1.29, 1.82) is 0 Å². The molecule has 2 amide bonds. The molecule has 0 aliphatic carbocycles. The summed E-state index contributed by atoms with van der Waals surface area (Å²) < 4.78 is 28.7. The molecule has 160 valence electrons. The van der Waals surface area contributed by atoms with Crippen LogP contribution in [0.15, 0.2) is 70.0 Å². The van der Waals surface area contributed by atoms with E-state index < -0.39 is 15.7 Å². The third-order valence-corrected chi connectivity index (χ3v) is 5.59. The van der Waals surface area contributed by atoms with Crippen LogP contribution in [0.4, 0.5) is 11.4 Å². The summed E-state index contributed by atoms with van der Waals surface area (Å²) in [6, 6.07) is 13.8.